The molecule has 0 heterocycles. The third-order valence-electron chi connectivity index (χ3n) is 2.00. The molecule has 0 aromatic rings. The number of hydrogen-bond donors (Lipinski definition) is 0. The number of amides is 1. The van der Waals surface area contributed by atoms with Gasteiger partial charge in [-0.1, -0.05) is 0 Å². The van der Waals surface area contributed by atoms with E-state index in [0.717, 1.165) is 19.0 Å². The lowest BCUT2D eigenvalue weighted by molar-refractivity contribution is -0.128. The summed E-state index contributed by atoms with van der Waals surface area (Å²) in [5.41, 5.74) is 0. The van der Waals surface area contributed by atoms with Gasteiger partial charge in [-0.2, -0.15) is 0 Å². The minimum Gasteiger partial charge on any atom is -0.343 e. The second-order valence-corrected chi connectivity index (χ2v) is 3.00. The Kier molecular flexibility index (Phi) is 2.30. The first-order valence-electron chi connectivity index (χ1n) is 3.99. The van der Waals surface area contributed by atoms with E-state index in [1.54, 1.807) is 6.92 Å². The van der Waals surface area contributed by atoms with E-state index in [0.29, 0.717) is 0 Å². The minimum absolute atomic E-state index is 0.217. The average molecular weight is 141 g/mol. The second kappa shape index (κ2) is 3.04. The molecular weight excluding hydrogens is 126 g/mol. The van der Waals surface area contributed by atoms with Gasteiger partial charge in [0.2, 0.25) is 5.91 Å². The molecule has 2 heteroatoms. The second-order valence-electron chi connectivity index (χ2n) is 3.00. The molecule has 1 aliphatic rings. The van der Waals surface area contributed by atoms with Crippen molar-refractivity contribution in [1.82, 2.24) is 4.90 Å². The van der Waals surface area contributed by atoms with Crippen LogP contribution in [0.25, 0.3) is 0 Å². The Morgan fingerprint density at radius 1 is 1.60 bits per heavy atom. The van der Waals surface area contributed by atoms with Crippen LogP contribution in [0.4, 0.5) is 0 Å². The lowest BCUT2D eigenvalue weighted by Gasteiger charge is -2.17. The smallest absolute Gasteiger partial charge is 0.219 e. The Bertz CT molecular complexity index is 129. The summed E-state index contributed by atoms with van der Waals surface area (Å²) in [5, 5.41) is 0. The lowest BCUT2D eigenvalue weighted by Crippen LogP contribution is -2.30. The van der Waals surface area contributed by atoms with E-state index >= 15 is 0 Å². The van der Waals surface area contributed by atoms with E-state index in [4.69, 9.17) is 0 Å². The molecule has 0 N–H and O–H groups in total. The molecule has 0 aromatic carbocycles. The number of rotatable bonds is 3. The van der Waals surface area contributed by atoms with Crippen LogP contribution in [0.2, 0.25) is 0 Å². The molecule has 0 spiro atoms. The Hall–Kier alpha value is -0.530. The van der Waals surface area contributed by atoms with E-state index in [1.165, 1.54) is 12.8 Å². The van der Waals surface area contributed by atoms with Crippen molar-refractivity contribution < 1.29 is 4.79 Å². The summed E-state index contributed by atoms with van der Waals surface area (Å²) < 4.78 is 0. The molecule has 1 fully saturated rings. The molecule has 1 aliphatic carbocycles. The van der Waals surface area contributed by atoms with Gasteiger partial charge in [0, 0.05) is 20.0 Å². The molecular formula is C8H15NO. The zero-order chi connectivity index (χ0) is 7.56. The van der Waals surface area contributed by atoms with Crippen molar-refractivity contribution >= 4 is 5.91 Å². The van der Waals surface area contributed by atoms with Gasteiger partial charge >= 0.3 is 0 Å². The van der Waals surface area contributed by atoms with Gasteiger partial charge in [0.15, 0.2) is 0 Å². The van der Waals surface area contributed by atoms with Crippen molar-refractivity contribution in [3.8, 4) is 0 Å². The molecule has 0 unspecified atom stereocenters. The van der Waals surface area contributed by atoms with E-state index in [2.05, 4.69) is 0 Å². The molecule has 0 aromatic heterocycles. The molecule has 0 atom stereocenters. The van der Waals surface area contributed by atoms with Gasteiger partial charge in [-0.25, -0.2) is 0 Å². The Labute approximate surface area is 62.2 Å². The molecule has 0 radical (unpaired) electrons. The molecule has 0 saturated heterocycles. The van der Waals surface area contributed by atoms with Crippen LogP contribution >= 0.6 is 0 Å². The number of hydrogen-bond acceptors (Lipinski definition) is 1. The summed E-state index contributed by atoms with van der Waals surface area (Å²) in [6.07, 6.45) is 2.65. The Balaban J connectivity index is 2.24. The number of carbonyl (C=O) groups excluding carboxylic acids is 1. The summed E-state index contributed by atoms with van der Waals surface area (Å²) >= 11 is 0. The monoisotopic (exact) mass is 141 g/mol. The first-order valence-corrected chi connectivity index (χ1v) is 3.99. The van der Waals surface area contributed by atoms with Gasteiger partial charge in [-0.15, -0.1) is 0 Å². The van der Waals surface area contributed by atoms with Gasteiger partial charge in [0.25, 0.3) is 0 Å². The zero-order valence-corrected chi connectivity index (χ0v) is 6.76. The van der Waals surface area contributed by atoms with Crippen molar-refractivity contribution in [3.05, 3.63) is 0 Å². The van der Waals surface area contributed by atoms with Crippen molar-refractivity contribution in [2.24, 2.45) is 5.92 Å². The van der Waals surface area contributed by atoms with E-state index in [1.807, 2.05) is 11.8 Å². The fourth-order valence-electron chi connectivity index (χ4n) is 1.09. The van der Waals surface area contributed by atoms with Crippen LogP contribution < -0.4 is 0 Å². The van der Waals surface area contributed by atoms with Crippen molar-refractivity contribution in [1.29, 1.82) is 0 Å². The fourth-order valence-corrected chi connectivity index (χ4v) is 1.09. The lowest BCUT2D eigenvalue weighted by atomic mass is 10.3. The van der Waals surface area contributed by atoms with Crippen LogP contribution in [0.3, 0.4) is 0 Å². The number of carbonyl (C=O) groups is 1. The largest absolute Gasteiger partial charge is 0.343 e. The van der Waals surface area contributed by atoms with E-state index in [9.17, 15) is 4.79 Å². The van der Waals surface area contributed by atoms with Crippen molar-refractivity contribution in [3.63, 3.8) is 0 Å². The average Bonchev–Trinajstić information content (AvgIpc) is 2.64. The van der Waals surface area contributed by atoms with Gasteiger partial charge < -0.3 is 4.90 Å². The fraction of sp³-hybridized carbons (Fsp3) is 0.875. The third kappa shape index (κ3) is 2.01. The molecule has 0 bridgehead atoms. The van der Waals surface area contributed by atoms with Gasteiger partial charge in [0.1, 0.15) is 0 Å². The van der Waals surface area contributed by atoms with E-state index in [-0.39, 0.29) is 5.91 Å². The predicted octanol–water partition coefficient (Wildman–Crippen LogP) is 1.26. The van der Waals surface area contributed by atoms with Crippen LogP contribution in [0, 0.1) is 5.92 Å². The summed E-state index contributed by atoms with van der Waals surface area (Å²) in [5.74, 6) is 1.04. The predicted molar refractivity (Wildman–Crippen MR) is 40.7 cm³/mol. The molecule has 10 heavy (non-hydrogen) atoms. The Morgan fingerprint density at radius 2 is 2.20 bits per heavy atom. The maximum atomic E-state index is 10.9. The van der Waals surface area contributed by atoms with Crippen LogP contribution in [0.1, 0.15) is 26.7 Å². The molecule has 0 aliphatic heterocycles. The summed E-state index contributed by atoms with van der Waals surface area (Å²) in [6, 6.07) is 0. The summed E-state index contributed by atoms with van der Waals surface area (Å²) in [6.45, 7) is 5.54. The zero-order valence-electron chi connectivity index (χ0n) is 6.76. The van der Waals surface area contributed by atoms with Crippen LogP contribution in [0.15, 0.2) is 0 Å². The van der Waals surface area contributed by atoms with Gasteiger partial charge in [-0.3, -0.25) is 4.79 Å². The molecule has 2 nitrogen and oxygen atoms in total. The minimum atomic E-state index is 0.217. The molecule has 1 saturated carbocycles. The maximum absolute atomic E-state index is 10.9. The standard InChI is InChI=1S/C8H15NO/c1-3-9(7(2)10)6-8-4-5-8/h8H,3-6H2,1-2H3. The maximum Gasteiger partial charge on any atom is 0.219 e. The highest BCUT2D eigenvalue weighted by molar-refractivity contribution is 5.73. The third-order valence-corrected chi connectivity index (χ3v) is 2.00. The van der Waals surface area contributed by atoms with Gasteiger partial charge in [-0.05, 0) is 25.7 Å². The number of nitrogens with zero attached hydrogens (tertiary/aromatic N) is 1. The van der Waals surface area contributed by atoms with Crippen molar-refractivity contribution in [2.45, 2.75) is 26.7 Å². The topological polar surface area (TPSA) is 20.3 Å². The SMILES string of the molecule is CCN(CC1CC1)C(C)=O. The van der Waals surface area contributed by atoms with Crippen LogP contribution in [-0.4, -0.2) is 23.9 Å². The van der Waals surface area contributed by atoms with Gasteiger partial charge in [0.05, 0.1) is 0 Å². The summed E-state index contributed by atoms with van der Waals surface area (Å²) in [7, 11) is 0. The highest BCUT2D eigenvalue weighted by atomic mass is 16.2. The molecule has 1 rings (SSSR count). The highest BCUT2D eigenvalue weighted by Crippen LogP contribution is 2.29. The molecule has 58 valence electrons. The van der Waals surface area contributed by atoms with E-state index < -0.39 is 0 Å². The quantitative estimate of drug-likeness (QED) is 0.579. The molecule has 1 amide bonds. The van der Waals surface area contributed by atoms with Crippen LogP contribution in [0.5, 0.6) is 0 Å². The van der Waals surface area contributed by atoms with Crippen molar-refractivity contribution in [2.75, 3.05) is 13.1 Å². The van der Waals surface area contributed by atoms with Crippen LogP contribution in [-0.2, 0) is 4.79 Å². The summed E-state index contributed by atoms with van der Waals surface area (Å²) in [4.78, 5) is 12.8. The first kappa shape index (κ1) is 7.58. The highest BCUT2D eigenvalue weighted by Gasteiger charge is 2.24. The first-order chi connectivity index (χ1) is 4.74. The Morgan fingerprint density at radius 3 is 2.50 bits per heavy atom. The normalized spacial score (nSPS) is 17.0.